The van der Waals surface area contributed by atoms with Gasteiger partial charge in [-0.2, -0.15) is 0 Å². The van der Waals surface area contributed by atoms with E-state index < -0.39 is 0 Å². The molecule has 1 N–H and O–H groups in total. The third kappa shape index (κ3) is 2.48. The van der Waals surface area contributed by atoms with Crippen LogP contribution in [0.4, 0.5) is 5.69 Å². The summed E-state index contributed by atoms with van der Waals surface area (Å²) >= 11 is 0. The zero-order chi connectivity index (χ0) is 17.5. The summed E-state index contributed by atoms with van der Waals surface area (Å²) in [6, 6.07) is 18.3. The molecule has 0 atom stereocenters. The Balaban J connectivity index is 1.47. The van der Waals surface area contributed by atoms with Gasteiger partial charge in [-0.3, -0.25) is 4.79 Å². The fraction of sp³-hybridized carbons (Fsp3) is 0.0500. The maximum Gasteiger partial charge on any atom is 0.255 e. The number of rotatable bonds is 2. The van der Waals surface area contributed by atoms with E-state index in [0.717, 1.165) is 16.6 Å². The van der Waals surface area contributed by atoms with Crippen molar-refractivity contribution in [2.24, 2.45) is 0 Å². The van der Waals surface area contributed by atoms with Gasteiger partial charge in [-0.25, -0.2) is 9.97 Å². The first-order valence-electron chi connectivity index (χ1n) is 8.14. The van der Waals surface area contributed by atoms with Crippen LogP contribution in [0.2, 0.25) is 0 Å². The Hall–Kier alpha value is -3.67. The largest absolute Gasteiger partial charge is 0.454 e. The topological polar surface area (TPSA) is 73.3 Å². The van der Waals surface area contributed by atoms with E-state index in [1.807, 2.05) is 30.3 Å². The lowest BCUT2D eigenvalue weighted by molar-refractivity contribution is 0.102. The smallest absolute Gasteiger partial charge is 0.255 e. The van der Waals surface area contributed by atoms with Crippen LogP contribution in [0, 0.1) is 0 Å². The molecule has 6 heteroatoms. The van der Waals surface area contributed by atoms with Crippen LogP contribution in [-0.2, 0) is 0 Å². The molecule has 0 radical (unpaired) electrons. The first-order valence-corrected chi connectivity index (χ1v) is 8.14. The molecular formula is C20H13N3O3. The van der Waals surface area contributed by atoms with Gasteiger partial charge >= 0.3 is 0 Å². The Labute approximate surface area is 148 Å². The average molecular weight is 343 g/mol. The molecule has 0 aliphatic carbocycles. The van der Waals surface area contributed by atoms with E-state index in [9.17, 15) is 4.79 Å². The molecule has 1 aliphatic rings. The van der Waals surface area contributed by atoms with Gasteiger partial charge in [-0.15, -0.1) is 0 Å². The number of hydrogen-bond donors (Lipinski definition) is 1. The van der Waals surface area contributed by atoms with Crippen molar-refractivity contribution >= 4 is 33.7 Å². The molecule has 1 aliphatic heterocycles. The maximum atomic E-state index is 12.6. The van der Waals surface area contributed by atoms with Crippen molar-refractivity contribution in [1.82, 2.24) is 9.97 Å². The molecule has 0 bridgehead atoms. The van der Waals surface area contributed by atoms with E-state index in [2.05, 4.69) is 15.3 Å². The third-order valence-electron chi connectivity index (χ3n) is 4.23. The molecule has 26 heavy (non-hydrogen) atoms. The normalized spacial score (nSPS) is 12.5. The summed E-state index contributed by atoms with van der Waals surface area (Å²) < 4.78 is 10.6. The zero-order valence-electron chi connectivity index (χ0n) is 13.6. The molecule has 5 rings (SSSR count). The van der Waals surface area contributed by atoms with Crippen molar-refractivity contribution in [3.8, 4) is 11.5 Å². The highest BCUT2D eigenvalue weighted by atomic mass is 16.7. The van der Waals surface area contributed by atoms with Gasteiger partial charge in [0.15, 0.2) is 11.5 Å². The monoisotopic (exact) mass is 343 g/mol. The highest BCUT2D eigenvalue weighted by Gasteiger charge is 2.15. The van der Waals surface area contributed by atoms with Gasteiger partial charge in [-0.05, 0) is 42.5 Å². The first-order chi connectivity index (χ1) is 12.8. The minimum atomic E-state index is -0.222. The molecule has 1 aromatic heterocycles. The first kappa shape index (κ1) is 14.7. The molecule has 0 saturated heterocycles. The zero-order valence-corrected chi connectivity index (χ0v) is 13.6. The number of carbonyl (C=O) groups excluding carboxylic acids is 1. The number of para-hydroxylation sites is 2. The minimum absolute atomic E-state index is 0.198. The molecule has 0 fully saturated rings. The molecule has 0 unspecified atom stereocenters. The highest BCUT2D eigenvalue weighted by molar-refractivity contribution is 6.06. The Kier molecular flexibility index (Phi) is 3.21. The Morgan fingerprint density at radius 3 is 2.38 bits per heavy atom. The fourth-order valence-corrected chi connectivity index (χ4v) is 2.94. The Morgan fingerprint density at radius 1 is 0.808 bits per heavy atom. The van der Waals surface area contributed by atoms with Gasteiger partial charge in [0, 0.05) is 17.3 Å². The van der Waals surface area contributed by atoms with Crippen molar-refractivity contribution in [1.29, 1.82) is 0 Å². The number of hydrogen-bond acceptors (Lipinski definition) is 5. The predicted molar refractivity (Wildman–Crippen MR) is 97.6 cm³/mol. The van der Waals surface area contributed by atoms with E-state index in [-0.39, 0.29) is 12.7 Å². The number of carbonyl (C=O) groups is 1. The van der Waals surface area contributed by atoms with Gasteiger partial charge < -0.3 is 14.8 Å². The molecular weight excluding hydrogens is 330 g/mol. The van der Waals surface area contributed by atoms with Crippen LogP contribution in [0.3, 0.4) is 0 Å². The molecule has 6 nitrogen and oxygen atoms in total. The van der Waals surface area contributed by atoms with Crippen molar-refractivity contribution in [3.63, 3.8) is 0 Å². The SMILES string of the molecule is O=C(Nc1ccc2c(c1)OCO2)c1ccc2nc3ccccc3nc2c1. The third-order valence-corrected chi connectivity index (χ3v) is 4.23. The molecule has 3 aromatic carbocycles. The lowest BCUT2D eigenvalue weighted by Gasteiger charge is -2.07. The standard InChI is InChI=1S/C20H13N3O3/c24-20(21-13-6-8-18-19(10-13)26-11-25-18)12-5-7-16-17(9-12)23-15-4-2-1-3-14(15)22-16/h1-10H,11H2,(H,21,24). The van der Waals surface area contributed by atoms with Gasteiger partial charge in [0.1, 0.15) is 0 Å². The van der Waals surface area contributed by atoms with Crippen molar-refractivity contribution in [2.75, 3.05) is 12.1 Å². The van der Waals surface area contributed by atoms with Crippen LogP contribution in [0.1, 0.15) is 10.4 Å². The number of ether oxygens (including phenoxy) is 2. The van der Waals surface area contributed by atoms with Crippen LogP contribution in [0.5, 0.6) is 11.5 Å². The van der Waals surface area contributed by atoms with Crippen LogP contribution < -0.4 is 14.8 Å². The van der Waals surface area contributed by atoms with Gasteiger partial charge in [0.05, 0.1) is 22.1 Å². The number of nitrogens with one attached hydrogen (secondary N) is 1. The average Bonchev–Trinajstić information content (AvgIpc) is 3.13. The summed E-state index contributed by atoms with van der Waals surface area (Å²) in [5.74, 6) is 1.08. The quantitative estimate of drug-likeness (QED) is 0.561. The number of aromatic nitrogens is 2. The van der Waals surface area contributed by atoms with E-state index in [0.29, 0.717) is 28.3 Å². The summed E-state index contributed by atoms with van der Waals surface area (Å²) in [5.41, 5.74) is 4.22. The molecule has 1 amide bonds. The molecule has 4 aromatic rings. The summed E-state index contributed by atoms with van der Waals surface area (Å²) in [7, 11) is 0. The summed E-state index contributed by atoms with van der Waals surface area (Å²) in [5, 5.41) is 2.87. The predicted octanol–water partition coefficient (Wildman–Crippen LogP) is 3.76. The summed E-state index contributed by atoms with van der Waals surface area (Å²) in [6.45, 7) is 0.198. The second kappa shape index (κ2) is 5.70. The number of fused-ring (bicyclic) bond motifs is 3. The van der Waals surface area contributed by atoms with E-state index >= 15 is 0 Å². The highest BCUT2D eigenvalue weighted by Crippen LogP contribution is 2.34. The number of nitrogens with zero attached hydrogens (tertiary/aromatic N) is 2. The molecule has 2 heterocycles. The van der Waals surface area contributed by atoms with Gasteiger partial charge in [0.2, 0.25) is 6.79 Å². The second-order valence-corrected chi connectivity index (χ2v) is 5.94. The lowest BCUT2D eigenvalue weighted by atomic mass is 10.1. The van der Waals surface area contributed by atoms with Crippen molar-refractivity contribution in [3.05, 3.63) is 66.2 Å². The van der Waals surface area contributed by atoms with Gasteiger partial charge in [0.25, 0.3) is 5.91 Å². The summed E-state index contributed by atoms with van der Waals surface area (Å²) in [4.78, 5) is 21.8. The van der Waals surface area contributed by atoms with Crippen LogP contribution in [-0.4, -0.2) is 22.7 Å². The molecule has 0 saturated carbocycles. The minimum Gasteiger partial charge on any atom is -0.454 e. The lowest BCUT2D eigenvalue weighted by Crippen LogP contribution is -2.11. The molecule has 0 spiro atoms. The van der Waals surface area contributed by atoms with Crippen LogP contribution >= 0.6 is 0 Å². The Morgan fingerprint density at radius 2 is 1.54 bits per heavy atom. The van der Waals surface area contributed by atoms with Gasteiger partial charge in [-0.1, -0.05) is 12.1 Å². The maximum absolute atomic E-state index is 12.6. The van der Waals surface area contributed by atoms with E-state index in [1.165, 1.54) is 0 Å². The summed E-state index contributed by atoms with van der Waals surface area (Å²) in [6.07, 6.45) is 0. The van der Waals surface area contributed by atoms with Crippen molar-refractivity contribution < 1.29 is 14.3 Å². The van der Waals surface area contributed by atoms with Crippen LogP contribution in [0.25, 0.3) is 22.1 Å². The number of amides is 1. The van der Waals surface area contributed by atoms with E-state index in [1.54, 1.807) is 30.3 Å². The number of benzene rings is 3. The molecule has 126 valence electrons. The second-order valence-electron chi connectivity index (χ2n) is 5.94. The fourth-order valence-electron chi connectivity index (χ4n) is 2.94. The van der Waals surface area contributed by atoms with Crippen LogP contribution in [0.15, 0.2) is 60.7 Å². The van der Waals surface area contributed by atoms with Crippen molar-refractivity contribution in [2.45, 2.75) is 0 Å². The van der Waals surface area contributed by atoms with E-state index in [4.69, 9.17) is 9.47 Å². The number of anilines is 1. The Bertz CT molecular complexity index is 1170.